The minimum atomic E-state index is -0.0527. The fourth-order valence-electron chi connectivity index (χ4n) is 2.69. The van der Waals surface area contributed by atoms with E-state index in [9.17, 15) is 4.79 Å². The number of benzene rings is 1. The molecule has 4 aromatic rings. The summed E-state index contributed by atoms with van der Waals surface area (Å²) < 4.78 is 1.91. The van der Waals surface area contributed by atoms with Crippen LogP contribution in [0.4, 0.5) is 5.69 Å². The summed E-state index contributed by atoms with van der Waals surface area (Å²) >= 11 is 0. The van der Waals surface area contributed by atoms with Crippen molar-refractivity contribution in [2.45, 2.75) is 6.42 Å². The van der Waals surface area contributed by atoms with Crippen LogP contribution < -0.4 is 5.32 Å². The molecule has 0 fully saturated rings. The van der Waals surface area contributed by atoms with Crippen molar-refractivity contribution >= 4 is 22.5 Å². The maximum Gasteiger partial charge on any atom is 0.228 e. The maximum atomic E-state index is 12.3. The van der Waals surface area contributed by atoms with Crippen molar-refractivity contribution in [2.75, 3.05) is 5.32 Å². The van der Waals surface area contributed by atoms with Gasteiger partial charge in [0.15, 0.2) is 0 Å². The minimum absolute atomic E-state index is 0.0527. The third kappa shape index (κ3) is 2.77. The van der Waals surface area contributed by atoms with Crippen molar-refractivity contribution in [1.29, 1.82) is 0 Å². The van der Waals surface area contributed by atoms with Gasteiger partial charge in [-0.2, -0.15) is 0 Å². The third-order valence-corrected chi connectivity index (χ3v) is 3.87. The number of nitrogens with zero attached hydrogens (tertiary/aromatic N) is 3. The molecule has 2 N–H and O–H groups in total. The van der Waals surface area contributed by atoms with Crippen LogP contribution in [0.15, 0.2) is 67.6 Å². The molecular weight excluding hydrogens is 302 g/mol. The van der Waals surface area contributed by atoms with Gasteiger partial charge in [0.1, 0.15) is 0 Å². The third-order valence-electron chi connectivity index (χ3n) is 3.87. The van der Waals surface area contributed by atoms with Gasteiger partial charge in [-0.1, -0.05) is 0 Å². The first-order chi connectivity index (χ1) is 11.8. The lowest BCUT2D eigenvalue weighted by Crippen LogP contribution is -2.14. The van der Waals surface area contributed by atoms with Gasteiger partial charge < -0.3 is 14.9 Å². The number of fused-ring (bicyclic) bond motifs is 1. The molecule has 3 heterocycles. The van der Waals surface area contributed by atoms with Crippen LogP contribution in [0.1, 0.15) is 5.56 Å². The molecule has 3 aromatic heterocycles. The predicted molar refractivity (Wildman–Crippen MR) is 92.0 cm³/mol. The number of pyridine rings is 1. The average Bonchev–Trinajstić information content (AvgIpc) is 3.26. The Balaban J connectivity index is 1.46. The van der Waals surface area contributed by atoms with Crippen molar-refractivity contribution in [3.8, 4) is 5.69 Å². The van der Waals surface area contributed by atoms with E-state index in [-0.39, 0.29) is 5.91 Å². The second kappa shape index (κ2) is 6.00. The molecule has 0 bridgehead atoms. The van der Waals surface area contributed by atoms with Crippen LogP contribution in [0.2, 0.25) is 0 Å². The van der Waals surface area contributed by atoms with E-state index in [1.807, 2.05) is 47.3 Å². The Morgan fingerprint density at radius 3 is 2.79 bits per heavy atom. The summed E-state index contributed by atoms with van der Waals surface area (Å²) in [4.78, 5) is 23.5. The van der Waals surface area contributed by atoms with Crippen LogP contribution in [0, 0.1) is 0 Å². The fraction of sp³-hybridized carbons (Fsp3) is 0.0556. The highest BCUT2D eigenvalue weighted by Crippen LogP contribution is 2.18. The summed E-state index contributed by atoms with van der Waals surface area (Å²) in [6.45, 7) is 0. The largest absolute Gasteiger partial charge is 0.360 e. The van der Waals surface area contributed by atoms with Crippen LogP contribution in [0.25, 0.3) is 16.6 Å². The molecular formula is C18H15N5O. The number of rotatable bonds is 4. The van der Waals surface area contributed by atoms with Crippen LogP contribution in [0.5, 0.6) is 0 Å². The highest BCUT2D eigenvalue weighted by molar-refractivity contribution is 5.95. The second-order valence-electron chi connectivity index (χ2n) is 5.48. The zero-order chi connectivity index (χ0) is 16.4. The summed E-state index contributed by atoms with van der Waals surface area (Å²) in [5.41, 5.74) is 3.66. The summed E-state index contributed by atoms with van der Waals surface area (Å²) in [5.74, 6) is -0.0527. The lowest BCUT2D eigenvalue weighted by molar-refractivity contribution is -0.115. The van der Waals surface area contributed by atoms with Gasteiger partial charge in [-0.15, -0.1) is 0 Å². The zero-order valence-electron chi connectivity index (χ0n) is 12.8. The first kappa shape index (κ1) is 14.2. The van der Waals surface area contributed by atoms with Gasteiger partial charge in [0.05, 0.1) is 24.5 Å². The van der Waals surface area contributed by atoms with Gasteiger partial charge in [-0.3, -0.25) is 9.78 Å². The molecule has 0 spiro atoms. The van der Waals surface area contributed by atoms with Gasteiger partial charge in [-0.25, -0.2) is 4.98 Å². The molecule has 0 radical (unpaired) electrons. The van der Waals surface area contributed by atoms with Gasteiger partial charge >= 0.3 is 0 Å². The molecule has 1 amide bonds. The molecule has 0 aliphatic heterocycles. The van der Waals surface area contributed by atoms with Crippen molar-refractivity contribution in [1.82, 2.24) is 19.5 Å². The minimum Gasteiger partial charge on any atom is -0.360 e. The molecule has 4 rings (SSSR count). The van der Waals surface area contributed by atoms with Crippen LogP contribution >= 0.6 is 0 Å². The Hall–Kier alpha value is -3.41. The van der Waals surface area contributed by atoms with Gasteiger partial charge in [0.25, 0.3) is 0 Å². The molecule has 0 saturated carbocycles. The van der Waals surface area contributed by atoms with E-state index in [1.54, 1.807) is 24.9 Å². The Bertz CT molecular complexity index is 970. The van der Waals surface area contributed by atoms with Gasteiger partial charge in [0.2, 0.25) is 5.91 Å². The number of H-pyrrole nitrogens is 1. The molecule has 0 saturated heterocycles. The van der Waals surface area contributed by atoms with Crippen molar-refractivity contribution in [2.24, 2.45) is 0 Å². The number of imidazole rings is 1. The molecule has 118 valence electrons. The number of aromatic nitrogens is 4. The Morgan fingerprint density at radius 2 is 2.00 bits per heavy atom. The standard InChI is InChI=1S/C18H15N5O/c24-18(9-13-10-21-17-11-19-6-5-16(13)17)22-14-1-3-15(4-2-14)23-8-7-20-12-23/h1-8,10-12,21H,9H2,(H,22,24). The van der Waals surface area contributed by atoms with Gasteiger partial charge in [-0.05, 0) is 35.9 Å². The molecule has 0 atom stereocenters. The van der Waals surface area contributed by atoms with Crippen LogP contribution in [0.3, 0.4) is 0 Å². The number of anilines is 1. The van der Waals surface area contributed by atoms with E-state index in [0.717, 1.165) is 27.8 Å². The monoisotopic (exact) mass is 317 g/mol. The fourth-order valence-corrected chi connectivity index (χ4v) is 2.69. The number of carbonyl (C=O) groups excluding carboxylic acids is 1. The number of amides is 1. The predicted octanol–water partition coefficient (Wildman–Crippen LogP) is 2.93. The number of hydrogen-bond donors (Lipinski definition) is 2. The van der Waals surface area contributed by atoms with E-state index < -0.39 is 0 Å². The Kier molecular flexibility index (Phi) is 3.55. The summed E-state index contributed by atoms with van der Waals surface area (Å²) in [6.07, 6.45) is 11.0. The normalized spacial score (nSPS) is 10.8. The molecule has 0 aliphatic rings. The average molecular weight is 317 g/mol. The number of carbonyl (C=O) groups is 1. The van der Waals surface area contributed by atoms with Crippen LogP contribution in [-0.4, -0.2) is 25.4 Å². The summed E-state index contributed by atoms with van der Waals surface area (Å²) in [7, 11) is 0. The molecule has 6 heteroatoms. The molecule has 1 aromatic carbocycles. The topological polar surface area (TPSA) is 75.6 Å². The summed E-state index contributed by atoms with van der Waals surface area (Å²) in [6, 6.07) is 9.55. The molecule has 6 nitrogen and oxygen atoms in total. The van der Waals surface area contributed by atoms with E-state index in [4.69, 9.17) is 0 Å². The first-order valence-electron chi connectivity index (χ1n) is 7.58. The Labute approximate surface area is 138 Å². The molecule has 0 aliphatic carbocycles. The Morgan fingerprint density at radius 1 is 1.12 bits per heavy atom. The lowest BCUT2D eigenvalue weighted by atomic mass is 10.1. The van der Waals surface area contributed by atoms with Crippen molar-refractivity contribution in [3.63, 3.8) is 0 Å². The number of hydrogen-bond acceptors (Lipinski definition) is 3. The van der Waals surface area contributed by atoms with Crippen LogP contribution in [-0.2, 0) is 11.2 Å². The first-order valence-corrected chi connectivity index (χ1v) is 7.58. The molecule has 24 heavy (non-hydrogen) atoms. The maximum absolute atomic E-state index is 12.3. The quantitative estimate of drug-likeness (QED) is 0.607. The van der Waals surface area contributed by atoms with E-state index in [0.29, 0.717) is 6.42 Å². The number of aromatic amines is 1. The second-order valence-corrected chi connectivity index (χ2v) is 5.48. The van der Waals surface area contributed by atoms with E-state index in [2.05, 4.69) is 20.3 Å². The lowest BCUT2D eigenvalue weighted by Gasteiger charge is -2.07. The zero-order valence-corrected chi connectivity index (χ0v) is 12.8. The van der Waals surface area contributed by atoms with Gasteiger partial charge in [0, 0.05) is 41.5 Å². The highest BCUT2D eigenvalue weighted by Gasteiger charge is 2.09. The van der Waals surface area contributed by atoms with E-state index in [1.165, 1.54) is 0 Å². The van der Waals surface area contributed by atoms with Crippen molar-refractivity contribution < 1.29 is 4.79 Å². The van der Waals surface area contributed by atoms with Crippen molar-refractivity contribution in [3.05, 3.63) is 73.2 Å². The number of nitrogens with one attached hydrogen (secondary N) is 2. The smallest absolute Gasteiger partial charge is 0.228 e. The summed E-state index contributed by atoms with van der Waals surface area (Å²) in [5, 5.41) is 3.95. The SMILES string of the molecule is O=C(Cc1c[nH]c2cnccc12)Nc1ccc(-n2ccnc2)cc1. The highest BCUT2D eigenvalue weighted by atomic mass is 16.1. The molecule has 0 unspecified atom stereocenters. The van der Waals surface area contributed by atoms with E-state index >= 15 is 0 Å².